The van der Waals surface area contributed by atoms with Gasteiger partial charge in [0, 0.05) is 22.4 Å². The maximum Gasteiger partial charge on any atom is 0.332 e. The van der Waals surface area contributed by atoms with Crippen LogP contribution in [0.5, 0.6) is 0 Å². The largest absolute Gasteiger partial charge is 0.350 e. The summed E-state index contributed by atoms with van der Waals surface area (Å²) in [5.41, 5.74) is 9.63. The van der Waals surface area contributed by atoms with Gasteiger partial charge in [-0.1, -0.05) is 62.9 Å². The Bertz CT molecular complexity index is 537. The zero-order chi connectivity index (χ0) is 17.8. The molecule has 2 amide bonds. The number of rotatable bonds is 11. The summed E-state index contributed by atoms with van der Waals surface area (Å²) >= 11 is 8.21. The van der Waals surface area contributed by atoms with Crippen LogP contribution >= 0.6 is 23.4 Å². The summed E-state index contributed by atoms with van der Waals surface area (Å²) in [5, 5.41) is 5.23. The van der Waals surface area contributed by atoms with E-state index in [1.807, 2.05) is 30.0 Å². The Kier molecular flexibility index (Phi) is 10.6. The molecule has 0 radical (unpaired) electrons. The van der Waals surface area contributed by atoms with E-state index in [9.17, 15) is 4.79 Å². The van der Waals surface area contributed by atoms with Gasteiger partial charge in [0.15, 0.2) is 0 Å². The Hall–Kier alpha value is -1.20. The SMILES string of the molecule is CCCCCC/C(C[C@H](SCC)c1ccccc1Cl)=N\NC(N)=O. The first kappa shape index (κ1) is 20.8. The maximum atomic E-state index is 11.0. The molecule has 1 aromatic carbocycles. The average Bonchev–Trinajstić information content (AvgIpc) is 2.56. The second-order valence-corrected chi connectivity index (χ2v) is 7.52. The van der Waals surface area contributed by atoms with Crippen molar-refractivity contribution in [1.29, 1.82) is 0 Å². The second-order valence-electron chi connectivity index (χ2n) is 5.63. The van der Waals surface area contributed by atoms with Gasteiger partial charge in [0.05, 0.1) is 0 Å². The molecule has 0 aliphatic carbocycles. The van der Waals surface area contributed by atoms with Crippen LogP contribution in [0.15, 0.2) is 29.4 Å². The van der Waals surface area contributed by atoms with E-state index in [4.69, 9.17) is 17.3 Å². The van der Waals surface area contributed by atoms with Crippen molar-refractivity contribution in [2.75, 3.05) is 5.75 Å². The normalized spacial score (nSPS) is 12.9. The van der Waals surface area contributed by atoms with Crippen LogP contribution in [0, 0.1) is 0 Å². The van der Waals surface area contributed by atoms with Crippen molar-refractivity contribution in [3.05, 3.63) is 34.9 Å². The van der Waals surface area contributed by atoms with Gasteiger partial charge in [-0.2, -0.15) is 16.9 Å². The summed E-state index contributed by atoms with van der Waals surface area (Å²) in [5.74, 6) is 0.988. The molecule has 0 aliphatic rings. The van der Waals surface area contributed by atoms with E-state index in [2.05, 4.69) is 30.4 Å². The number of benzene rings is 1. The highest BCUT2D eigenvalue weighted by Gasteiger charge is 2.17. The highest BCUT2D eigenvalue weighted by molar-refractivity contribution is 7.99. The van der Waals surface area contributed by atoms with Crippen molar-refractivity contribution < 1.29 is 4.79 Å². The molecule has 1 aromatic rings. The molecular weight excluding hydrogens is 342 g/mol. The van der Waals surface area contributed by atoms with Crippen LogP contribution in [-0.4, -0.2) is 17.5 Å². The third-order valence-electron chi connectivity index (χ3n) is 3.68. The topological polar surface area (TPSA) is 67.5 Å². The van der Waals surface area contributed by atoms with Crippen LogP contribution < -0.4 is 11.2 Å². The van der Waals surface area contributed by atoms with Crippen molar-refractivity contribution in [1.82, 2.24) is 5.43 Å². The van der Waals surface area contributed by atoms with E-state index in [1.54, 1.807) is 0 Å². The number of carbonyl (C=O) groups is 1. The quantitative estimate of drug-likeness (QED) is 0.306. The molecule has 4 nitrogen and oxygen atoms in total. The molecule has 0 aromatic heterocycles. The first-order chi connectivity index (χ1) is 11.6. The molecule has 0 saturated carbocycles. The second kappa shape index (κ2) is 12.2. The van der Waals surface area contributed by atoms with Crippen molar-refractivity contribution in [2.45, 2.75) is 57.6 Å². The monoisotopic (exact) mass is 369 g/mol. The zero-order valence-electron chi connectivity index (χ0n) is 14.6. The smallest absolute Gasteiger partial charge is 0.332 e. The molecule has 6 heteroatoms. The summed E-state index contributed by atoms with van der Waals surface area (Å²) < 4.78 is 0. The van der Waals surface area contributed by atoms with E-state index in [0.29, 0.717) is 0 Å². The number of nitrogens with one attached hydrogen (secondary N) is 1. The molecule has 0 unspecified atom stereocenters. The number of primary amides is 1. The number of thioether (sulfide) groups is 1. The summed E-state index contributed by atoms with van der Waals surface area (Å²) in [6.45, 7) is 4.32. The number of unbranched alkanes of at least 4 members (excludes halogenated alkanes) is 3. The molecule has 1 rings (SSSR count). The molecule has 0 bridgehead atoms. The van der Waals surface area contributed by atoms with Crippen LogP contribution in [0.3, 0.4) is 0 Å². The Morgan fingerprint density at radius 1 is 1.29 bits per heavy atom. The van der Waals surface area contributed by atoms with Gasteiger partial charge in [0.2, 0.25) is 0 Å². The van der Waals surface area contributed by atoms with Crippen LogP contribution in [-0.2, 0) is 0 Å². The average molecular weight is 370 g/mol. The maximum absolute atomic E-state index is 11.0. The fourth-order valence-corrected chi connectivity index (χ4v) is 3.93. The third-order valence-corrected chi connectivity index (χ3v) is 5.18. The fraction of sp³-hybridized carbons (Fsp3) is 0.556. The van der Waals surface area contributed by atoms with Gasteiger partial charge in [0.25, 0.3) is 0 Å². The lowest BCUT2D eigenvalue weighted by molar-refractivity contribution is 0.249. The molecule has 1 atom stereocenters. The van der Waals surface area contributed by atoms with E-state index in [0.717, 1.165) is 41.3 Å². The van der Waals surface area contributed by atoms with Gasteiger partial charge in [-0.15, -0.1) is 0 Å². The van der Waals surface area contributed by atoms with Gasteiger partial charge in [0.1, 0.15) is 0 Å². The first-order valence-electron chi connectivity index (χ1n) is 8.55. The Morgan fingerprint density at radius 2 is 2.04 bits per heavy atom. The molecule has 3 N–H and O–H groups in total. The minimum atomic E-state index is -0.626. The number of hydrazone groups is 1. The molecule has 0 saturated heterocycles. The zero-order valence-corrected chi connectivity index (χ0v) is 16.1. The summed E-state index contributed by atoms with van der Waals surface area (Å²) in [6.07, 6.45) is 6.27. The van der Waals surface area contributed by atoms with E-state index < -0.39 is 6.03 Å². The van der Waals surface area contributed by atoms with Crippen LogP contribution in [0.25, 0.3) is 0 Å². The Labute approximate surface area is 154 Å². The molecule has 0 fully saturated rings. The number of nitrogens with zero attached hydrogens (tertiary/aromatic N) is 1. The number of amides is 2. The van der Waals surface area contributed by atoms with Gasteiger partial charge < -0.3 is 5.73 Å². The number of hydrogen-bond donors (Lipinski definition) is 2. The molecule has 0 heterocycles. The molecule has 24 heavy (non-hydrogen) atoms. The summed E-state index contributed by atoms with van der Waals surface area (Å²) in [4.78, 5) is 11.0. The van der Waals surface area contributed by atoms with Crippen LogP contribution in [0.4, 0.5) is 4.79 Å². The van der Waals surface area contributed by atoms with Gasteiger partial charge in [-0.3, -0.25) is 0 Å². The number of halogens is 1. The lowest BCUT2D eigenvalue weighted by atomic mass is 10.0. The predicted octanol–water partition coefficient (Wildman–Crippen LogP) is 5.52. The predicted molar refractivity (Wildman–Crippen MR) is 106 cm³/mol. The standard InChI is InChI=1S/C18H28ClN3OS/c1-3-5-6-7-10-14(21-22-18(20)23)13-17(24-4-2)15-11-8-9-12-16(15)19/h8-9,11-12,17H,3-7,10,13H2,1-2H3,(H3,20,22,23)/b21-14+/t17-/m0/s1. The van der Waals surface area contributed by atoms with Gasteiger partial charge in [-0.25, -0.2) is 10.2 Å². The number of hydrogen-bond acceptors (Lipinski definition) is 3. The highest BCUT2D eigenvalue weighted by atomic mass is 35.5. The Morgan fingerprint density at radius 3 is 2.67 bits per heavy atom. The van der Waals surface area contributed by atoms with Gasteiger partial charge in [-0.05, 0) is 30.2 Å². The lowest BCUT2D eigenvalue weighted by Crippen LogP contribution is -2.26. The number of nitrogens with two attached hydrogens (primary N) is 1. The van der Waals surface area contributed by atoms with Gasteiger partial charge >= 0.3 is 6.03 Å². The van der Waals surface area contributed by atoms with Crippen molar-refractivity contribution in [3.63, 3.8) is 0 Å². The lowest BCUT2D eigenvalue weighted by Gasteiger charge is -2.19. The van der Waals surface area contributed by atoms with Crippen molar-refractivity contribution in [2.24, 2.45) is 10.8 Å². The Balaban J connectivity index is 2.83. The highest BCUT2D eigenvalue weighted by Crippen LogP contribution is 2.36. The number of urea groups is 1. The fourth-order valence-electron chi connectivity index (χ4n) is 2.50. The van der Waals surface area contributed by atoms with Crippen LogP contribution in [0.2, 0.25) is 5.02 Å². The summed E-state index contributed by atoms with van der Waals surface area (Å²) in [7, 11) is 0. The van der Waals surface area contributed by atoms with E-state index in [-0.39, 0.29) is 5.25 Å². The first-order valence-corrected chi connectivity index (χ1v) is 9.98. The van der Waals surface area contributed by atoms with E-state index in [1.165, 1.54) is 19.3 Å². The minimum absolute atomic E-state index is 0.225. The molecular formula is C18H28ClN3OS. The number of carbonyl (C=O) groups excluding carboxylic acids is 1. The van der Waals surface area contributed by atoms with E-state index >= 15 is 0 Å². The molecule has 134 valence electrons. The molecule has 0 aliphatic heterocycles. The minimum Gasteiger partial charge on any atom is -0.350 e. The summed E-state index contributed by atoms with van der Waals surface area (Å²) in [6, 6.07) is 7.29. The van der Waals surface area contributed by atoms with Crippen LogP contribution in [0.1, 0.15) is 63.2 Å². The van der Waals surface area contributed by atoms with Crippen molar-refractivity contribution >= 4 is 35.1 Å². The molecule has 0 spiro atoms. The van der Waals surface area contributed by atoms with Crippen molar-refractivity contribution in [3.8, 4) is 0 Å². The third kappa shape index (κ3) is 8.06.